The zero-order valence-electron chi connectivity index (χ0n) is 21.1. The third-order valence-electron chi connectivity index (χ3n) is 9.54. The summed E-state index contributed by atoms with van der Waals surface area (Å²) >= 11 is 0. The molecule has 0 saturated heterocycles. The Balaban J connectivity index is 1.70. The molecule has 8 heteroatoms. The molecule has 8 nitrogen and oxygen atoms in total. The van der Waals surface area contributed by atoms with Crippen LogP contribution in [0.4, 0.5) is 0 Å². The van der Waals surface area contributed by atoms with Gasteiger partial charge in [0, 0.05) is 41.9 Å². The molecule has 1 aromatic rings. The number of phenolic OH excluding ortho intramolecular Hbond substituents is 1. The van der Waals surface area contributed by atoms with E-state index in [1.165, 1.54) is 13.0 Å². The number of hydrogen-bond donors (Lipinski definition) is 2. The zero-order valence-corrected chi connectivity index (χ0v) is 21.1. The maximum Gasteiger partial charge on any atom is 0.342 e. The Hall–Kier alpha value is -2.61. The summed E-state index contributed by atoms with van der Waals surface area (Å²) in [7, 11) is 0. The number of phenols is 1. The van der Waals surface area contributed by atoms with E-state index in [0.29, 0.717) is 42.6 Å². The van der Waals surface area contributed by atoms with Crippen molar-refractivity contribution in [2.45, 2.75) is 91.1 Å². The van der Waals surface area contributed by atoms with Crippen LogP contribution in [0, 0.1) is 22.7 Å². The Bertz CT molecular complexity index is 1140. The molecular formula is C27H34O8. The third-order valence-corrected chi connectivity index (χ3v) is 9.54. The number of fused-ring (bicyclic) bond motifs is 6. The van der Waals surface area contributed by atoms with Gasteiger partial charge in [0.05, 0.1) is 6.10 Å². The Morgan fingerprint density at radius 3 is 2.51 bits per heavy atom. The highest BCUT2D eigenvalue weighted by Crippen LogP contribution is 2.64. The molecule has 0 bridgehead atoms. The van der Waals surface area contributed by atoms with Crippen molar-refractivity contribution in [3.05, 3.63) is 22.8 Å². The standard InChI is InChI=1S/C27H34O8/c1-12-23(34-13(2)28)21-14-9-18-26(5)8-7-19(30)25(3,4)17(26)11-20(31)27(18,6)35-16(14)10-15(29)22(21)24(32)33-12/h10,12,17-18,20,23,29,31H,7-9,11H2,1-6H3. The van der Waals surface area contributed by atoms with Gasteiger partial charge in [-0.25, -0.2) is 4.79 Å². The lowest BCUT2D eigenvalue weighted by molar-refractivity contribution is -0.212. The number of ether oxygens (including phenoxy) is 3. The number of cyclic esters (lactones) is 1. The molecule has 2 aliphatic carbocycles. The van der Waals surface area contributed by atoms with Crippen molar-refractivity contribution in [2.75, 3.05) is 0 Å². The van der Waals surface area contributed by atoms with Gasteiger partial charge in [-0.3, -0.25) is 9.59 Å². The zero-order chi connectivity index (χ0) is 25.7. The summed E-state index contributed by atoms with van der Waals surface area (Å²) in [6, 6.07) is 1.40. The number of carbonyl (C=O) groups excluding carboxylic acids is 3. The smallest absolute Gasteiger partial charge is 0.342 e. The number of aliphatic hydroxyl groups excluding tert-OH is 1. The molecule has 0 aromatic heterocycles. The topological polar surface area (TPSA) is 119 Å². The first-order valence-corrected chi connectivity index (χ1v) is 12.4. The highest BCUT2D eigenvalue weighted by Gasteiger charge is 2.66. The molecule has 2 heterocycles. The van der Waals surface area contributed by atoms with Crippen LogP contribution >= 0.6 is 0 Å². The van der Waals surface area contributed by atoms with Gasteiger partial charge < -0.3 is 24.4 Å². The second-order valence-electron chi connectivity index (χ2n) is 11.8. The van der Waals surface area contributed by atoms with Crippen molar-refractivity contribution >= 4 is 17.7 Å². The third kappa shape index (κ3) is 3.18. The van der Waals surface area contributed by atoms with Crippen molar-refractivity contribution in [3.63, 3.8) is 0 Å². The Labute approximate surface area is 204 Å². The monoisotopic (exact) mass is 486 g/mol. The lowest BCUT2D eigenvalue weighted by atomic mass is 9.43. The predicted octanol–water partition coefficient (Wildman–Crippen LogP) is 3.64. The fourth-order valence-corrected chi connectivity index (χ4v) is 7.63. The van der Waals surface area contributed by atoms with Crippen LogP contribution in [0.25, 0.3) is 0 Å². The van der Waals surface area contributed by atoms with Crippen molar-refractivity contribution in [1.29, 1.82) is 0 Å². The van der Waals surface area contributed by atoms with Gasteiger partial charge in [-0.15, -0.1) is 0 Å². The summed E-state index contributed by atoms with van der Waals surface area (Å²) in [5.41, 5.74) is -0.773. The largest absolute Gasteiger partial charge is 0.507 e. The quantitative estimate of drug-likeness (QED) is 0.578. The molecule has 4 aliphatic rings. The highest BCUT2D eigenvalue weighted by molar-refractivity contribution is 5.96. The van der Waals surface area contributed by atoms with E-state index in [1.807, 2.05) is 20.8 Å². The summed E-state index contributed by atoms with van der Waals surface area (Å²) in [5.74, 6) is -1.17. The normalized spacial score (nSPS) is 39.2. The number of Topliss-reactive ketones (excluding diaryl/α,β-unsaturated/α-hetero) is 1. The molecule has 0 amide bonds. The van der Waals surface area contributed by atoms with E-state index in [1.54, 1.807) is 6.92 Å². The maximum atomic E-state index is 12.9. The molecule has 2 aliphatic heterocycles. The Morgan fingerprint density at radius 2 is 1.86 bits per heavy atom. The number of ketones is 1. The molecule has 5 rings (SSSR count). The number of hydrogen-bond acceptors (Lipinski definition) is 8. The average molecular weight is 487 g/mol. The SMILES string of the molecule is CC(=O)OC1c2c3c(cc(O)c2C(=O)OC1C)OC1(C)C(O)CC2C(C)(C)C(=O)CCC2(C)C1C3. The second kappa shape index (κ2) is 7.45. The van der Waals surface area contributed by atoms with E-state index >= 15 is 0 Å². The summed E-state index contributed by atoms with van der Waals surface area (Å²) in [6.07, 6.45) is -0.440. The van der Waals surface area contributed by atoms with Crippen LogP contribution in [0.2, 0.25) is 0 Å². The van der Waals surface area contributed by atoms with Gasteiger partial charge in [0.25, 0.3) is 0 Å². The Morgan fingerprint density at radius 1 is 1.17 bits per heavy atom. The lowest BCUT2D eigenvalue weighted by Gasteiger charge is -2.64. The van der Waals surface area contributed by atoms with Crippen molar-refractivity contribution < 1.29 is 38.8 Å². The van der Waals surface area contributed by atoms with Crippen LogP contribution in [-0.2, 0) is 25.5 Å². The van der Waals surface area contributed by atoms with Crippen LogP contribution in [0.15, 0.2) is 6.07 Å². The molecule has 2 N–H and O–H groups in total. The van der Waals surface area contributed by atoms with Crippen molar-refractivity contribution in [3.8, 4) is 11.5 Å². The second-order valence-corrected chi connectivity index (χ2v) is 11.8. The minimum Gasteiger partial charge on any atom is -0.507 e. The molecule has 1 aromatic carbocycles. The van der Waals surface area contributed by atoms with Crippen molar-refractivity contribution in [2.24, 2.45) is 22.7 Å². The number of rotatable bonds is 1. The molecule has 35 heavy (non-hydrogen) atoms. The lowest BCUT2D eigenvalue weighted by Crippen LogP contribution is -2.68. The van der Waals surface area contributed by atoms with Gasteiger partial charge in [0.1, 0.15) is 34.6 Å². The fraction of sp³-hybridized carbons (Fsp3) is 0.667. The van der Waals surface area contributed by atoms with Gasteiger partial charge in [0.15, 0.2) is 6.10 Å². The summed E-state index contributed by atoms with van der Waals surface area (Å²) in [5, 5.41) is 22.2. The average Bonchev–Trinajstić information content (AvgIpc) is 2.75. The molecule has 0 spiro atoms. The van der Waals surface area contributed by atoms with Gasteiger partial charge in [-0.05, 0) is 44.4 Å². The molecule has 190 valence electrons. The van der Waals surface area contributed by atoms with E-state index < -0.39 is 41.3 Å². The number of aliphatic hydroxyl groups is 1. The first-order valence-electron chi connectivity index (χ1n) is 12.4. The van der Waals surface area contributed by atoms with E-state index in [0.717, 1.165) is 0 Å². The molecule has 7 unspecified atom stereocenters. The van der Waals surface area contributed by atoms with E-state index in [2.05, 4.69) is 6.92 Å². The minimum atomic E-state index is -0.951. The van der Waals surface area contributed by atoms with Gasteiger partial charge >= 0.3 is 11.9 Å². The molecule has 2 fully saturated rings. The van der Waals surface area contributed by atoms with Gasteiger partial charge in [-0.1, -0.05) is 20.8 Å². The highest BCUT2D eigenvalue weighted by atomic mass is 16.6. The summed E-state index contributed by atoms with van der Waals surface area (Å²) in [4.78, 5) is 37.6. The van der Waals surface area contributed by atoms with E-state index in [9.17, 15) is 24.6 Å². The predicted molar refractivity (Wildman–Crippen MR) is 124 cm³/mol. The van der Waals surface area contributed by atoms with Crippen LogP contribution in [-0.4, -0.2) is 45.7 Å². The van der Waals surface area contributed by atoms with Gasteiger partial charge in [-0.2, -0.15) is 0 Å². The number of esters is 2. The Kier molecular flexibility index (Phi) is 5.13. The van der Waals surface area contributed by atoms with Crippen LogP contribution in [0.1, 0.15) is 88.4 Å². The first kappa shape index (κ1) is 24.1. The first-order chi connectivity index (χ1) is 16.2. The van der Waals surface area contributed by atoms with Gasteiger partial charge in [0.2, 0.25) is 0 Å². The number of aromatic hydroxyl groups is 1. The molecular weight excluding hydrogens is 452 g/mol. The number of benzene rings is 1. The summed E-state index contributed by atoms with van der Waals surface area (Å²) in [6.45, 7) is 11.0. The summed E-state index contributed by atoms with van der Waals surface area (Å²) < 4.78 is 17.5. The van der Waals surface area contributed by atoms with Crippen LogP contribution in [0.3, 0.4) is 0 Å². The molecule has 7 atom stereocenters. The van der Waals surface area contributed by atoms with E-state index in [-0.39, 0.29) is 34.3 Å². The van der Waals surface area contributed by atoms with E-state index in [4.69, 9.17) is 14.2 Å². The number of carbonyl (C=O) groups is 3. The van der Waals surface area contributed by atoms with Crippen molar-refractivity contribution in [1.82, 2.24) is 0 Å². The maximum absolute atomic E-state index is 12.9. The molecule has 2 saturated carbocycles. The molecule has 0 radical (unpaired) electrons. The minimum absolute atomic E-state index is 0.0162. The fourth-order valence-electron chi connectivity index (χ4n) is 7.63. The van der Waals surface area contributed by atoms with Crippen LogP contribution in [0.5, 0.6) is 11.5 Å². The van der Waals surface area contributed by atoms with Crippen LogP contribution < -0.4 is 4.74 Å².